The number of thiazole rings is 1. The van der Waals surface area contributed by atoms with Crippen molar-refractivity contribution >= 4 is 35.2 Å². The van der Waals surface area contributed by atoms with Crippen molar-refractivity contribution in [1.29, 1.82) is 0 Å². The fourth-order valence-corrected chi connectivity index (χ4v) is 6.06. The van der Waals surface area contributed by atoms with Gasteiger partial charge in [-0.25, -0.2) is 9.97 Å². The van der Waals surface area contributed by atoms with Crippen molar-refractivity contribution in [1.82, 2.24) is 18.8 Å². The zero-order valence-corrected chi connectivity index (χ0v) is 19.2. The number of thiol groups is 1. The maximum Gasteiger partial charge on any atom is 0.434 e. The van der Waals surface area contributed by atoms with Crippen molar-refractivity contribution in [3.8, 4) is 10.6 Å². The summed E-state index contributed by atoms with van der Waals surface area (Å²) in [5, 5.41) is 2.19. The fraction of sp³-hybridized carbons (Fsp3) is 0.545. The van der Waals surface area contributed by atoms with Gasteiger partial charge in [0.2, 0.25) is 0 Å². The molecule has 0 N–H and O–H groups in total. The van der Waals surface area contributed by atoms with E-state index in [1.165, 1.54) is 0 Å². The van der Waals surface area contributed by atoms with Gasteiger partial charge in [-0.15, -0.1) is 11.3 Å². The Morgan fingerprint density at radius 1 is 1.12 bits per heavy atom. The topological polar surface area (TPSA) is 43.2 Å². The van der Waals surface area contributed by atoms with E-state index in [4.69, 9.17) is 4.74 Å². The normalized spacial score (nSPS) is 23.5. The lowest BCUT2D eigenvalue weighted by Gasteiger charge is -2.36. The van der Waals surface area contributed by atoms with E-state index in [0.29, 0.717) is 28.2 Å². The highest BCUT2D eigenvalue weighted by atomic mass is 32.1. The van der Waals surface area contributed by atoms with Gasteiger partial charge in [0.1, 0.15) is 10.7 Å². The van der Waals surface area contributed by atoms with Crippen molar-refractivity contribution in [3.05, 3.63) is 35.1 Å². The molecule has 0 atom stereocenters. The molecule has 1 aliphatic carbocycles. The molecule has 172 valence electrons. The van der Waals surface area contributed by atoms with Gasteiger partial charge in [0.15, 0.2) is 5.69 Å². The van der Waals surface area contributed by atoms with Gasteiger partial charge in [0.05, 0.1) is 6.61 Å². The van der Waals surface area contributed by atoms with E-state index >= 15 is 0 Å². The first-order valence-electron chi connectivity index (χ1n) is 11.0. The Morgan fingerprint density at radius 2 is 1.94 bits per heavy atom. The van der Waals surface area contributed by atoms with Gasteiger partial charge in [-0.2, -0.15) is 13.2 Å². The predicted octanol–water partition coefficient (Wildman–Crippen LogP) is 5.62. The van der Waals surface area contributed by atoms with E-state index in [1.54, 1.807) is 10.2 Å². The average Bonchev–Trinajstić information content (AvgIpc) is 3.30. The van der Waals surface area contributed by atoms with Crippen LogP contribution in [0.1, 0.15) is 49.3 Å². The third kappa shape index (κ3) is 4.42. The maximum absolute atomic E-state index is 13.0. The van der Waals surface area contributed by atoms with Crippen LogP contribution in [0.25, 0.3) is 21.6 Å². The standard InChI is InChI=1S/C22H25F3N4OS2/c23-22(24,25)19-13-32-21(27-19)18-12-29(31)20-17(18)10-15(11-26-20)14-2-4-16(5-3-14)28-6-1-8-30-9-7-28/h10-14,16,31H,1-9H2/t14-,16-. The van der Waals surface area contributed by atoms with Crippen LogP contribution in [0.4, 0.5) is 13.2 Å². The number of hydrogen-bond acceptors (Lipinski definition) is 6. The third-order valence-corrected chi connectivity index (χ3v) is 7.79. The summed E-state index contributed by atoms with van der Waals surface area (Å²) < 4.78 is 46.2. The fourth-order valence-electron chi connectivity index (χ4n) is 4.93. The smallest absolute Gasteiger partial charge is 0.380 e. The number of hydrogen-bond donors (Lipinski definition) is 1. The molecule has 0 spiro atoms. The molecule has 0 radical (unpaired) electrons. The number of aromatic nitrogens is 3. The molecular formula is C22H25F3N4OS2. The van der Waals surface area contributed by atoms with Crippen molar-refractivity contribution in [3.63, 3.8) is 0 Å². The summed E-state index contributed by atoms with van der Waals surface area (Å²) in [5.74, 6) is 0.407. The molecule has 2 fully saturated rings. The lowest BCUT2D eigenvalue weighted by molar-refractivity contribution is -0.140. The second-order valence-corrected chi connectivity index (χ2v) is 9.86. The van der Waals surface area contributed by atoms with Crippen LogP contribution in [-0.2, 0) is 10.9 Å². The molecule has 0 unspecified atom stereocenters. The van der Waals surface area contributed by atoms with Gasteiger partial charge < -0.3 is 4.74 Å². The van der Waals surface area contributed by atoms with Crippen molar-refractivity contribution in [2.24, 2.45) is 0 Å². The molecule has 3 aromatic rings. The van der Waals surface area contributed by atoms with E-state index in [2.05, 4.69) is 33.7 Å². The molecule has 10 heteroatoms. The minimum atomic E-state index is -4.45. The van der Waals surface area contributed by atoms with Gasteiger partial charge in [0.25, 0.3) is 0 Å². The van der Waals surface area contributed by atoms with E-state index < -0.39 is 11.9 Å². The molecule has 5 nitrogen and oxygen atoms in total. The zero-order chi connectivity index (χ0) is 22.3. The van der Waals surface area contributed by atoms with E-state index in [0.717, 1.165) is 86.1 Å². The minimum Gasteiger partial charge on any atom is -0.380 e. The highest BCUT2D eigenvalue weighted by molar-refractivity contribution is 7.78. The summed E-state index contributed by atoms with van der Waals surface area (Å²) >= 11 is 5.41. The van der Waals surface area contributed by atoms with Crippen LogP contribution < -0.4 is 0 Å². The monoisotopic (exact) mass is 482 g/mol. The molecule has 0 amide bonds. The number of alkyl halides is 3. The predicted molar refractivity (Wildman–Crippen MR) is 122 cm³/mol. The number of halogens is 3. The molecule has 5 rings (SSSR count). The Kier molecular flexibility index (Phi) is 6.21. The molecule has 4 heterocycles. The Balaban J connectivity index is 1.37. The molecule has 3 aromatic heterocycles. The van der Waals surface area contributed by atoms with Crippen molar-refractivity contribution < 1.29 is 17.9 Å². The molecular weight excluding hydrogens is 457 g/mol. The highest BCUT2D eigenvalue weighted by Gasteiger charge is 2.34. The maximum atomic E-state index is 13.0. The molecule has 32 heavy (non-hydrogen) atoms. The van der Waals surface area contributed by atoms with Gasteiger partial charge in [-0.05, 0) is 49.7 Å². The van der Waals surface area contributed by atoms with Gasteiger partial charge in [-0.1, -0.05) is 12.8 Å². The second-order valence-electron chi connectivity index (χ2n) is 8.57. The first-order chi connectivity index (χ1) is 15.4. The number of nitrogens with zero attached hydrogens (tertiary/aromatic N) is 4. The highest BCUT2D eigenvalue weighted by Crippen LogP contribution is 2.40. The van der Waals surface area contributed by atoms with Crippen molar-refractivity contribution in [2.75, 3.05) is 26.3 Å². The molecule has 1 saturated carbocycles. The van der Waals surface area contributed by atoms with Gasteiger partial charge in [0, 0.05) is 54.5 Å². The van der Waals surface area contributed by atoms with Crippen LogP contribution in [0, 0.1) is 0 Å². The average molecular weight is 483 g/mol. The lowest BCUT2D eigenvalue weighted by atomic mass is 9.81. The van der Waals surface area contributed by atoms with Crippen LogP contribution in [0.3, 0.4) is 0 Å². The Bertz CT molecular complexity index is 1080. The van der Waals surface area contributed by atoms with Crippen LogP contribution in [0.15, 0.2) is 23.8 Å². The summed E-state index contributed by atoms with van der Waals surface area (Å²) in [5.41, 5.74) is 1.56. The van der Waals surface area contributed by atoms with Crippen LogP contribution in [0.5, 0.6) is 0 Å². The third-order valence-electron chi connectivity index (χ3n) is 6.61. The Morgan fingerprint density at radius 3 is 2.69 bits per heavy atom. The lowest BCUT2D eigenvalue weighted by Crippen LogP contribution is -2.39. The largest absolute Gasteiger partial charge is 0.434 e. The van der Waals surface area contributed by atoms with E-state index in [-0.39, 0.29) is 0 Å². The zero-order valence-electron chi connectivity index (χ0n) is 17.5. The molecule has 0 bridgehead atoms. The first kappa shape index (κ1) is 22.2. The number of rotatable bonds is 3. The van der Waals surface area contributed by atoms with E-state index in [9.17, 15) is 13.2 Å². The van der Waals surface area contributed by atoms with Gasteiger partial charge in [-0.3, -0.25) is 8.87 Å². The Labute approximate surface area is 194 Å². The molecule has 2 aliphatic rings. The first-order valence-corrected chi connectivity index (χ1v) is 12.2. The summed E-state index contributed by atoms with van der Waals surface area (Å²) in [6.07, 6.45) is 4.69. The number of fused-ring (bicyclic) bond motifs is 1. The summed E-state index contributed by atoms with van der Waals surface area (Å²) in [7, 11) is 0. The minimum absolute atomic E-state index is 0.334. The van der Waals surface area contributed by atoms with Crippen LogP contribution in [-0.4, -0.2) is 51.2 Å². The number of pyridine rings is 1. The number of ether oxygens (including phenoxy) is 1. The summed E-state index contributed by atoms with van der Waals surface area (Å²) in [6.45, 7) is 3.79. The van der Waals surface area contributed by atoms with E-state index in [1.807, 2.05) is 6.20 Å². The summed E-state index contributed by atoms with van der Waals surface area (Å²) in [6, 6.07) is 2.68. The SMILES string of the molecule is FC(F)(F)c1csc(-c2cn(S)c3ncc([C@H]4CC[C@H](N5CCCOCC5)CC4)cc23)n1. The molecule has 0 aromatic carbocycles. The van der Waals surface area contributed by atoms with Crippen LogP contribution >= 0.6 is 24.2 Å². The van der Waals surface area contributed by atoms with Crippen molar-refractivity contribution in [2.45, 2.75) is 50.2 Å². The summed E-state index contributed by atoms with van der Waals surface area (Å²) in [4.78, 5) is 11.0. The quantitative estimate of drug-likeness (QED) is 0.492. The molecule has 1 aliphatic heterocycles. The second kappa shape index (κ2) is 8.96. The molecule has 1 saturated heterocycles. The Hall–Kier alpha value is -1.62. The van der Waals surface area contributed by atoms with Crippen LogP contribution in [0.2, 0.25) is 0 Å². The van der Waals surface area contributed by atoms with Gasteiger partial charge >= 0.3 is 6.18 Å².